The van der Waals surface area contributed by atoms with Gasteiger partial charge in [-0.2, -0.15) is 0 Å². The molecule has 29 heavy (non-hydrogen) atoms. The van der Waals surface area contributed by atoms with E-state index in [0.29, 0.717) is 13.0 Å². The first-order valence-electron chi connectivity index (χ1n) is 12.2. The first kappa shape index (κ1) is 28.5. The molecule has 6 heteroatoms. The minimum Gasteiger partial charge on any atom is -0.356 e. The Hall–Kier alpha value is -0.510. The summed E-state index contributed by atoms with van der Waals surface area (Å²) in [5.74, 6) is 0.171. The lowest BCUT2D eigenvalue weighted by Crippen LogP contribution is -2.23. The Kier molecular flexibility index (Phi) is 23.3. The highest BCUT2D eigenvalue weighted by Gasteiger charge is 2.09. The fourth-order valence-electron chi connectivity index (χ4n) is 3.52. The molecule has 0 aliphatic rings. The Morgan fingerprint density at radius 3 is 1.69 bits per heavy atom. The second-order valence-corrected chi connectivity index (χ2v) is 8.92. The maximum absolute atomic E-state index is 11.8. The van der Waals surface area contributed by atoms with Crippen LogP contribution in [0.3, 0.4) is 0 Å². The van der Waals surface area contributed by atoms with Crippen LogP contribution in [-0.4, -0.2) is 24.0 Å². The van der Waals surface area contributed by atoms with Gasteiger partial charge in [-0.25, -0.2) is 0 Å². The Morgan fingerprint density at radius 2 is 1.17 bits per heavy atom. The second-order valence-electron chi connectivity index (χ2n) is 8.18. The van der Waals surface area contributed by atoms with Crippen molar-refractivity contribution in [1.29, 1.82) is 0 Å². The minimum atomic E-state index is -2.46. The molecular formula is C23H47NO4P+. The number of hydrogen-bond acceptors (Lipinski definition) is 3. The maximum atomic E-state index is 11.8. The van der Waals surface area contributed by atoms with E-state index in [1.54, 1.807) is 0 Å². The van der Waals surface area contributed by atoms with Gasteiger partial charge < -0.3 is 5.32 Å². The van der Waals surface area contributed by atoms with Gasteiger partial charge in [-0.05, 0) is 19.3 Å². The Balaban J connectivity index is 3.15. The van der Waals surface area contributed by atoms with Crippen LogP contribution in [0.1, 0.15) is 129 Å². The highest BCUT2D eigenvalue weighted by molar-refractivity contribution is 7.32. The van der Waals surface area contributed by atoms with Gasteiger partial charge in [0.05, 0.1) is 0 Å². The van der Waals surface area contributed by atoms with Crippen molar-refractivity contribution < 1.29 is 18.8 Å². The molecule has 0 aliphatic heterocycles. The first-order valence-corrected chi connectivity index (χ1v) is 13.4. The molecule has 0 aliphatic carbocycles. The van der Waals surface area contributed by atoms with E-state index in [1.807, 2.05) is 0 Å². The number of unbranched alkanes of at least 4 members (excludes halogenated alkanes) is 16. The van der Waals surface area contributed by atoms with Crippen molar-refractivity contribution in [2.24, 2.45) is 0 Å². The molecule has 0 radical (unpaired) electrons. The molecule has 5 nitrogen and oxygen atoms in total. The monoisotopic (exact) mass is 432 g/mol. The molecule has 1 amide bonds. The lowest BCUT2D eigenvalue weighted by molar-refractivity contribution is -0.121. The largest absolute Gasteiger partial charge is 0.694 e. The van der Waals surface area contributed by atoms with Crippen molar-refractivity contribution >= 4 is 14.2 Å². The summed E-state index contributed by atoms with van der Waals surface area (Å²) in [6.45, 7) is 3.33. The van der Waals surface area contributed by atoms with E-state index in [9.17, 15) is 9.36 Å². The predicted molar refractivity (Wildman–Crippen MR) is 122 cm³/mol. The van der Waals surface area contributed by atoms with Crippen LogP contribution in [0.4, 0.5) is 0 Å². The normalized spacial score (nSPS) is 11.6. The van der Waals surface area contributed by atoms with Crippen LogP contribution >= 0.6 is 8.25 Å². The molecule has 0 saturated carbocycles. The minimum absolute atomic E-state index is 0.171. The lowest BCUT2D eigenvalue weighted by Gasteiger charge is -2.05. The van der Waals surface area contributed by atoms with Crippen molar-refractivity contribution in [3.63, 3.8) is 0 Å². The smallest absolute Gasteiger partial charge is 0.356 e. The quantitative estimate of drug-likeness (QED) is 0.132. The van der Waals surface area contributed by atoms with Gasteiger partial charge in [0, 0.05) is 17.5 Å². The van der Waals surface area contributed by atoms with Gasteiger partial charge >= 0.3 is 8.25 Å². The topological polar surface area (TPSA) is 75.6 Å². The summed E-state index contributed by atoms with van der Waals surface area (Å²) in [4.78, 5) is 20.3. The molecule has 0 rings (SSSR count). The summed E-state index contributed by atoms with van der Waals surface area (Å²) in [6.07, 6.45) is 23.0. The molecule has 0 bridgehead atoms. The third-order valence-electron chi connectivity index (χ3n) is 5.35. The third kappa shape index (κ3) is 25.5. The zero-order valence-corrected chi connectivity index (χ0v) is 19.9. The lowest BCUT2D eigenvalue weighted by atomic mass is 10.0. The summed E-state index contributed by atoms with van der Waals surface area (Å²) in [5, 5.41) is 2.98. The molecule has 0 aromatic rings. The molecule has 1 atom stereocenters. The van der Waals surface area contributed by atoms with Crippen LogP contribution in [0.25, 0.3) is 0 Å². The molecule has 1 unspecified atom stereocenters. The van der Waals surface area contributed by atoms with Crippen LogP contribution < -0.4 is 5.32 Å². The van der Waals surface area contributed by atoms with Crippen molar-refractivity contribution in [3.8, 4) is 0 Å². The van der Waals surface area contributed by atoms with E-state index in [-0.39, 0.29) is 5.91 Å². The van der Waals surface area contributed by atoms with E-state index in [1.165, 1.54) is 77.0 Å². The number of carbonyl (C=O) groups is 1. The van der Waals surface area contributed by atoms with Gasteiger partial charge in [0.1, 0.15) is 6.61 Å². The standard InChI is InChI=1S/C23H46NO4P/c1-2-3-4-5-6-7-8-9-10-11-12-13-14-17-20-23(25)24-21-18-15-16-19-22-28-29(26)27/h2-22H2,1H3,(H-,24,25,26,27)/p+1. The van der Waals surface area contributed by atoms with Crippen LogP contribution in [0, 0.1) is 0 Å². The van der Waals surface area contributed by atoms with Crippen molar-refractivity contribution in [3.05, 3.63) is 0 Å². The van der Waals surface area contributed by atoms with Gasteiger partial charge in [-0.3, -0.25) is 4.79 Å². The van der Waals surface area contributed by atoms with Gasteiger partial charge in [-0.1, -0.05) is 103 Å². The highest BCUT2D eigenvalue weighted by atomic mass is 31.1. The molecule has 0 aromatic heterocycles. The number of hydrogen-bond donors (Lipinski definition) is 2. The van der Waals surface area contributed by atoms with Gasteiger partial charge in [-0.15, -0.1) is 9.42 Å². The van der Waals surface area contributed by atoms with Gasteiger partial charge in [0.15, 0.2) is 0 Å². The average molecular weight is 433 g/mol. The number of nitrogens with one attached hydrogen (secondary N) is 1. The predicted octanol–water partition coefficient (Wildman–Crippen LogP) is 7.20. The molecule has 2 N–H and O–H groups in total. The van der Waals surface area contributed by atoms with Crippen LogP contribution in [0.5, 0.6) is 0 Å². The fourth-order valence-corrected chi connectivity index (χ4v) is 3.80. The zero-order chi connectivity index (χ0) is 21.4. The molecule has 0 spiro atoms. The Bertz CT molecular complexity index is 380. The average Bonchev–Trinajstić information content (AvgIpc) is 2.70. The molecule has 0 fully saturated rings. The van der Waals surface area contributed by atoms with Crippen molar-refractivity contribution in [1.82, 2.24) is 5.32 Å². The maximum Gasteiger partial charge on any atom is 0.694 e. The Morgan fingerprint density at radius 1 is 0.724 bits per heavy atom. The van der Waals surface area contributed by atoms with Crippen LogP contribution in [-0.2, 0) is 13.9 Å². The first-order chi connectivity index (χ1) is 14.2. The summed E-state index contributed by atoms with van der Waals surface area (Å²) >= 11 is 0. The zero-order valence-electron chi connectivity index (χ0n) is 19.0. The van der Waals surface area contributed by atoms with Crippen LogP contribution in [0.2, 0.25) is 0 Å². The van der Waals surface area contributed by atoms with Gasteiger partial charge in [0.2, 0.25) is 5.91 Å². The van der Waals surface area contributed by atoms with Crippen molar-refractivity contribution in [2.45, 2.75) is 129 Å². The number of amides is 1. The van der Waals surface area contributed by atoms with E-state index >= 15 is 0 Å². The summed E-state index contributed by atoms with van der Waals surface area (Å²) < 4.78 is 14.9. The van der Waals surface area contributed by atoms with E-state index in [4.69, 9.17) is 4.89 Å². The van der Waals surface area contributed by atoms with E-state index in [2.05, 4.69) is 16.8 Å². The number of rotatable bonds is 23. The fraction of sp³-hybridized carbons (Fsp3) is 0.957. The summed E-state index contributed by atoms with van der Waals surface area (Å²) in [7, 11) is -2.46. The molecule has 0 aromatic carbocycles. The number of carbonyl (C=O) groups excluding carboxylic acids is 1. The van der Waals surface area contributed by atoms with E-state index in [0.717, 1.165) is 45.1 Å². The van der Waals surface area contributed by atoms with Gasteiger partial charge in [0.25, 0.3) is 0 Å². The van der Waals surface area contributed by atoms with E-state index < -0.39 is 8.25 Å². The molecule has 0 saturated heterocycles. The second kappa shape index (κ2) is 23.8. The molecule has 0 heterocycles. The highest BCUT2D eigenvalue weighted by Crippen LogP contribution is 2.15. The van der Waals surface area contributed by atoms with Crippen molar-refractivity contribution in [2.75, 3.05) is 13.2 Å². The SMILES string of the molecule is CCCCCCCCCCCCCCCCC(=O)NCCCCCCO[P+](=O)O. The van der Waals surface area contributed by atoms with Crippen LogP contribution in [0.15, 0.2) is 0 Å². The third-order valence-corrected chi connectivity index (χ3v) is 5.76. The summed E-state index contributed by atoms with van der Waals surface area (Å²) in [5.41, 5.74) is 0. The summed E-state index contributed by atoms with van der Waals surface area (Å²) in [6, 6.07) is 0. The molecular weight excluding hydrogens is 385 g/mol. The Labute approximate surface area is 180 Å². The molecule has 172 valence electrons.